The first-order chi connectivity index (χ1) is 8.97. The lowest BCUT2D eigenvalue weighted by atomic mass is 9.84. The van der Waals surface area contributed by atoms with Crippen LogP contribution >= 0.6 is 0 Å². The summed E-state index contributed by atoms with van der Waals surface area (Å²) < 4.78 is 96.3. The normalized spacial score (nSPS) is 19.8. The molecule has 1 aliphatic rings. The van der Waals surface area contributed by atoms with E-state index in [0.29, 0.717) is 19.6 Å². The van der Waals surface area contributed by atoms with Crippen LogP contribution in [0.1, 0.15) is 19.8 Å². The number of ether oxygens (including phenoxy) is 2. The van der Waals surface area contributed by atoms with E-state index >= 15 is 0 Å². The largest absolute Gasteiger partial charge is 0.459 e. The predicted molar refractivity (Wildman–Crippen MR) is 54.9 cm³/mol. The van der Waals surface area contributed by atoms with Gasteiger partial charge in [-0.1, -0.05) is 6.92 Å². The second-order valence-electron chi connectivity index (χ2n) is 4.93. The van der Waals surface area contributed by atoms with E-state index < -0.39 is 31.0 Å². The Balaban J connectivity index is 2.44. The Bertz CT molecular complexity index is 318. The summed E-state index contributed by atoms with van der Waals surface area (Å²) in [6.45, 7) is 1.66. The summed E-state index contributed by atoms with van der Waals surface area (Å²) in [6, 6.07) is 0. The van der Waals surface area contributed by atoms with Gasteiger partial charge in [0.05, 0.1) is 26.4 Å². The third-order valence-electron chi connectivity index (χ3n) is 3.35. The molecule has 1 aliphatic heterocycles. The van der Waals surface area contributed by atoms with Crippen molar-refractivity contribution >= 4 is 0 Å². The van der Waals surface area contributed by atoms with E-state index in [-0.39, 0.29) is 12.0 Å². The van der Waals surface area contributed by atoms with Crippen LogP contribution in [0.25, 0.3) is 0 Å². The molecule has 1 rings (SSSR count). The second-order valence-corrected chi connectivity index (χ2v) is 4.93. The number of hydrogen-bond acceptors (Lipinski definition) is 2. The molecule has 1 heterocycles. The van der Waals surface area contributed by atoms with Crippen molar-refractivity contribution in [2.24, 2.45) is 5.41 Å². The first kappa shape index (κ1) is 17.5. The smallest absolute Gasteiger partial charge is 0.380 e. The summed E-state index contributed by atoms with van der Waals surface area (Å²) in [5.74, 6) is -11.3. The molecule has 2 nitrogen and oxygen atoms in total. The predicted octanol–water partition coefficient (Wildman–Crippen LogP) is 3.65. The molecule has 120 valence electrons. The SMILES string of the molecule is CCC1(COCCC(F)(F)C(F)(F)C(F)(F)F)COC1. The maximum absolute atomic E-state index is 12.9. The Kier molecular flexibility index (Phi) is 4.95. The van der Waals surface area contributed by atoms with Crippen LogP contribution in [0, 0.1) is 5.41 Å². The summed E-state index contributed by atoms with van der Waals surface area (Å²) >= 11 is 0. The summed E-state index contributed by atoms with van der Waals surface area (Å²) in [4.78, 5) is 0. The molecule has 0 N–H and O–H groups in total. The fourth-order valence-corrected chi connectivity index (χ4v) is 1.63. The van der Waals surface area contributed by atoms with Gasteiger partial charge in [0.25, 0.3) is 0 Å². The van der Waals surface area contributed by atoms with Crippen LogP contribution in [0.15, 0.2) is 0 Å². The van der Waals surface area contributed by atoms with Crippen molar-refractivity contribution in [3.63, 3.8) is 0 Å². The summed E-state index contributed by atoms with van der Waals surface area (Å²) in [5, 5.41) is 0. The average molecular weight is 312 g/mol. The Hall–Kier alpha value is -0.570. The molecule has 1 saturated heterocycles. The van der Waals surface area contributed by atoms with Gasteiger partial charge in [0.15, 0.2) is 0 Å². The van der Waals surface area contributed by atoms with E-state index in [2.05, 4.69) is 0 Å². The lowest BCUT2D eigenvalue weighted by Gasteiger charge is -2.40. The van der Waals surface area contributed by atoms with E-state index in [1.54, 1.807) is 0 Å². The molecule has 0 unspecified atom stereocenters. The van der Waals surface area contributed by atoms with Crippen molar-refractivity contribution in [1.29, 1.82) is 0 Å². The van der Waals surface area contributed by atoms with E-state index in [1.807, 2.05) is 6.92 Å². The van der Waals surface area contributed by atoms with Gasteiger partial charge in [-0.25, -0.2) is 0 Å². The highest BCUT2D eigenvalue weighted by atomic mass is 19.4. The summed E-state index contributed by atoms with van der Waals surface area (Å²) in [7, 11) is 0. The van der Waals surface area contributed by atoms with Gasteiger partial charge in [0, 0.05) is 11.8 Å². The van der Waals surface area contributed by atoms with Crippen LogP contribution in [0.2, 0.25) is 0 Å². The minimum Gasteiger partial charge on any atom is -0.380 e. The monoisotopic (exact) mass is 312 g/mol. The zero-order valence-corrected chi connectivity index (χ0v) is 10.7. The zero-order chi connectivity index (χ0) is 15.7. The van der Waals surface area contributed by atoms with Crippen LogP contribution in [0.3, 0.4) is 0 Å². The van der Waals surface area contributed by atoms with Crippen molar-refractivity contribution in [3.8, 4) is 0 Å². The van der Waals surface area contributed by atoms with Gasteiger partial charge >= 0.3 is 18.0 Å². The summed E-state index contributed by atoms with van der Waals surface area (Å²) in [6.07, 6.45) is -7.34. The minimum absolute atomic E-state index is 0.00281. The van der Waals surface area contributed by atoms with Gasteiger partial charge in [-0.2, -0.15) is 30.7 Å². The van der Waals surface area contributed by atoms with Crippen molar-refractivity contribution in [3.05, 3.63) is 0 Å². The molecule has 0 spiro atoms. The molecule has 0 aromatic carbocycles. The van der Waals surface area contributed by atoms with Gasteiger partial charge in [-0.3, -0.25) is 0 Å². The molecule has 0 saturated carbocycles. The molecular formula is C11H15F7O2. The number of alkyl halides is 7. The molecule has 0 aromatic heterocycles. The van der Waals surface area contributed by atoms with Gasteiger partial charge < -0.3 is 9.47 Å². The van der Waals surface area contributed by atoms with Gasteiger partial charge in [0.2, 0.25) is 0 Å². The van der Waals surface area contributed by atoms with Crippen molar-refractivity contribution < 1.29 is 40.2 Å². The average Bonchev–Trinajstić information content (AvgIpc) is 2.25. The zero-order valence-electron chi connectivity index (χ0n) is 10.7. The third-order valence-corrected chi connectivity index (χ3v) is 3.35. The summed E-state index contributed by atoms with van der Waals surface area (Å²) in [5.41, 5.74) is -0.345. The molecule has 0 atom stereocenters. The molecule has 9 heteroatoms. The quantitative estimate of drug-likeness (QED) is 0.528. The van der Waals surface area contributed by atoms with Crippen molar-refractivity contribution in [2.75, 3.05) is 26.4 Å². The van der Waals surface area contributed by atoms with E-state index in [1.165, 1.54) is 0 Å². The number of hydrogen-bond donors (Lipinski definition) is 0. The number of halogens is 7. The van der Waals surface area contributed by atoms with Gasteiger partial charge in [-0.15, -0.1) is 0 Å². The first-order valence-electron chi connectivity index (χ1n) is 5.95. The molecule has 0 bridgehead atoms. The van der Waals surface area contributed by atoms with Crippen molar-refractivity contribution in [2.45, 2.75) is 37.8 Å². The maximum atomic E-state index is 12.9. The minimum atomic E-state index is -6.29. The highest BCUT2D eigenvalue weighted by Gasteiger charge is 2.72. The fourth-order valence-electron chi connectivity index (χ4n) is 1.63. The van der Waals surface area contributed by atoms with E-state index in [4.69, 9.17) is 9.47 Å². The molecule has 0 aliphatic carbocycles. The Morgan fingerprint density at radius 2 is 1.60 bits per heavy atom. The third kappa shape index (κ3) is 3.36. The standard InChI is InChI=1S/C11H15F7O2/c1-2-8(6-20-7-8)5-19-4-3-9(12,13)10(14,15)11(16,17)18/h2-7H2,1H3. The van der Waals surface area contributed by atoms with Crippen LogP contribution in [0.4, 0.5) is 30.7 Å². The van der Waals surface area contributed by atoms with E-state index in [0.717, 1.165) is 0 Å². The lowest BCUT2D eigenvalue weighted by Crippen LogP contribution is -2.52. The molecule has 0 radical (unpaired) electrons. The number of rotatable bonds is 7. The Labute approximate surface area is 111 Å². The molecular weight excluding hydrogens is 297 g/mol. The lowest BCUT2D eigenvalue weighted by molar-refractivity contribution is -0.356. The Morgan fingerprint density at radius 1 is 1.05 bits per heavy atom. The van der Waals surface area contributed by atoms with Crippen molar-refractivity contribution in [1.82, 2.24) is 0 Å². The van der Waals surface area contributed by atoms with E-state index in [9.17, 15) is 30.7 Å². The van der Waals surface area contributed by atoms with Crippen LogP contribution in [-0.4, -0.2) is 44.4 Å². The molecule has 1 fully saturated rings. The van der Waals surface area contributed by atoms with Gasteiger partial charge in [-0.05, 0) is 6.42 Å². The first-order valence-corrected chi connectivity index (χ1v) is 5.95. The van der Waals surface area contributed by atoms with Crippen LogP contribution in [-0.2, 0) is 9.47 Å². The van der Waals surface area contributed by atoms with Gasteiger partial charge in [0.1, 0.15) is 0 Å². The molecule has 20 heavy (non-hydrogen) atoms. The highest BCUT2D eigenvalue weighted by molar-refractivity contribution is 4.91. The fraction of sp³-hybridized carbons (Fsp3) is 1.00. The maximum Gasteiger partial charge on any atom is 0.459 e. The second kappa shape index (κ2) is 5.67. The van der Waals surface area contributed by atoms with Crippen LogP contribution < -0.4 is 0 Å². The molecule has 0 amide bonds. The van der Waals surface area contributed by atoms with Crippen LogP contribution in [0.5, 0.6) is 0 Å². The molecule has 0 aromatic rings. The highest BCUT2D eigenvalue weighted by Crippen LogP contribution is 2.48. The Morgan fingerprint density at radius 3 is 1.95 bits per heavy atom. The topological polar surface area (TPSA) is 18.5 Å².